The van der Waals surface area contributed by atoms with Crippen LogP contribution in [-0.4, -0.2) is 41.9 Å². The van der Waals surface area contributed by atoms with Gasteiger partial charge in [0.15, 0.2) is 5.76 Å². The molecular formula is C22H16Cl2F3N3O4. The third-order valence-electron chi connectivity index (χ3n) is 5.43. The second-order valence-electron chi connectivity index (χ2n) is 7.53. The maximum atomic E-state index is 13.0. The Balaban J connectivity index is 1.46. The first kappa shape index (κ1) is 23.9. The number of benzene rings is 2. The van der Waals surface area contributed by atoms with Crippen molar-refractivity contribution in [2.45, 2.75) is 6.18 Å². The first-order valence-electron chi connectivity index (χ1n) is 9.99. The molecule has 0 radical (unpaired) electrons. The van der Waals surface area contributed by atoms with E-state index in [-0.39, 0.29) is 43.5 Å². The molecule has 0 aliphatic carbocycles. The molecule has 0 bridgehead atoms. The van der Waals surface area contributed by atoms with Crippen molar-refractivity contribution < 1.29 is 27.3 Å². The van der Waals surface area contributed by atoms with E-state index in [1.54, 1.807) is 29.2 Å². The summed E-state index contributed by atoms with van der Waals surface area (Å²) in [5.41, 5.74) is -1.00. The monoisotopic (exact) mass is 513 g/mol. The van der Waals surface area contributed by atoms with Crippen LogP contribution in [0.1, 0.15) is 16.1 Å². The average Bonchev–Trinajstić information content (AvgIpc) is 3.30. The number of hydrogen-bond acceptors (Lipinski definition) is 5. The standard InChI is InChI=1S/C22H16Cl2F3N3O4/c23-15-3-1-13(11-16(15)24)19-5-6-20(34-19)21(31)29-9-7-28(8-10-29)17-4-2-14(22(25,26)27)12-18(17)30(32)33/h1-6,11-12H,7-10H2. The molecule has 4 rings (SSSR count). The van der Waals surface area contributed by atoms with Gasteiger partial charge in [-0.2, -0.15) is 13.2 Å². The van der Waals surface area contributed by atoms with Gasteiger partial charge in [-0.15, -0.1) is 0 Å². The van der Waals surface area contributed by atoms with Crippen LogP contribution in [0, 0.1) is 10.1 Å². The molecule has 0 N–H and O–H groups in total. The zero-order valence-corrected chi connectivity index (χ0v) is 18.8. The van der Waals surface area contributed by atoms with Gasteiger partial charge in [-0.3, -0.25) is 14.9 Å². The van der Waals surface area contributed by atoms with E-state index in [0.29, 0.717) is 27.4 Å². The van der Waals surface area contributed by atoms with Crippen LogP contribution < -0.4 is 4.90 Å². The molecule has 12 heteroatoms. The molecule has 0 saturated carbocycles. The van der Waals surface area contributed by atoms with Crippen molar-refractivity contribution in [3.05, 3.63) is 80.0 Å². The fourth-order valence-electron chi connectivity index (χ4n) is 3.68. The number of nitrogens with zero attached hydrogens (tertiary/aromatic N) is 3. The molecule has 1 aliphatic heterocycles. The highest BCUT2D eigenvalue weighted by Gasteiger charge is 2.34. The minimum Gasteiger partial charge on any atom is -0.451 e. The minimum absolute atomic E-state index is 0.0741. The van der Waals surface area contributed by atoms with Gasteiger partial charge in [-0.05, 0) is 42.5 Å². The normalized spacial score (nSPS) is 14.4. The van der Waals surface area contributed by atoms with Crippen LogP contribution in [0.3, 0.4) is 0 Å². The van der Waals surface area contributed by atoms with Crippen LogP contribution in [-0.2, 0) is 6.18 Å². The molecule has 1 aliphatic rings. The third kappa shape index (κ3) is 4.83. The van der Waals surface area contributed by atoms with Gasteiger partial charge in [-0.25, -0.2) is 0 Å². The molecule has 2 aromatic carbocycles. The SMILES string of the molecule is O=C(c1ccc(-c2ccc(Cl)c(Cl)c2)o1)N1CCN(c2ccc(C(F)(F)F)cc2[N+](=O)[O-])CC1. The summed E-state index contributed by atoms with van der Waals surface area (Å²) in [6, 6.07) is 10.5. The van der Waals surface area contributed by atoms with E-state index in [4.69, 9.17) is 27.6 Å². The number of anilines is 1. The van der Waals surface area contributed by atoms with Crippen molar-refractivity contribution in [1.82, 2.24) is 4.90 Å². The quantitative estimate of drug-likeness (QED) is 0.309. The number of halogens is 5. The first-order valence-corrected chi connectivity index (χ1v) is 10.8. The highest BCUT2D eigenvalue weighted by atomic mass is 35.5. The third-order valence-corrected chi connectivity index (χ3v) is 6.17. The Morgan fingerprint density at radius 1 is 0.971 bits per heavy atom. The number of alkyl halides is 3. The second kappa shape index (κ2) is 9.19. The second-order valence-corrected chi connectivity index (χ2v) is 8.34. The number of carbonyl (C=O) groups is 1. The Labute approximate surface area is 201 Å². The summed E-state index contributed by atoms with van der Waals surface area (Å²) in [6.45, 7) is 0.830. The molecule has 1 saturated heterocycles. The van der Waals surface area contributed by atoms with E-state index < -0.39 is 22.4 Å². The maximum Gasteiger partial charge on any atom is 0.416 e. The van der Waals surface area contributed by atoms with E-state index in [1.807, 2.05) is 0 Å². The minimum atomic E-state index is -4.69. The van der Waals surface area contributed by atoms with Crippen LogP contribution in [0.2, 0.25) is 10.0 Å². The molecule has 0 spiro atoms. The van der Waals surface area contributed by atoms with Gasteiger partial charge in [0.1, 0.15) is 11.4 Å². The lowest BCUT2D eigenvalue weighted by molar-refractivity contribution is -0.384. The molecule has 1 fully saturated rings. The molecule has 2 heterocycles. The van der Waals surface area contributed by atoms with Crippen LogP contribution >= 0.6 is 23.2 Å². The zero-order chi connectivity index (χ0) is 24.6. The largest absolute Gasteiger partial charge is 0.451 e. The van der Waals surface area contributed by atoms with Gasteiger partial charge in [-0.1, -0.05) is 23.2 Å². The fraction of sp³-hybridized carbons (Fsp3) is 0.227. The number of hydrogen-bond donors (Lipinski definition) is 0. The molecule has 7 nitrogen and oxygen atoms in total. The van der Waals surface area contributed by atoms with Gasteiger partial charge < -0.3 is 14.2 Å². The summed E-state index contributed by atoms with van der Waals surface area (Å²) < 4.78 is 44.5. The number of furan rings is 1. The predicted molar refractivity (Wildman–Crippen MR) is 120 cm³/mol. The van der Waals surface area contributed by atoms with Gasteiger partial charge in [0.25, 0.3) is 11.6 Å². The average molecular weight is 514 g/mol. The van der Waals surface area contributed by atoms with Crippen molar-refractivity contribution in [3.63, 3.8) is 0 Å². The number of amides is 1. The number of rotatable bonds is 4. The number of piperazine rings is 1. The first-order chi connectivity index (χ1) is 16.0. The Bertz CT molecular complexity index is 1250. The van der Waals surface area contributed by atoms with Crippen molar-refractivity contribution in [2.24, 2.45) is 0 Å². The van der Waals surface area contributed by atoms with Crippen molar-refractivity contribution in [2.75, 3.05) is 31.1 Å². The molecule has 34 heavy (non-hydrogen) atoms. The van der Waals surface area contributed by atoms with Crippen molar-refractivity contribution >= 4 is 40.5 Å². The summed E-state index contributed by atoms with van der Waals surface area (Å²) in [6.07, 6.45) is -4.69. The molecule has 1 amide bonds. The summed E-state index contributed by atoms with van der Waals surface area (Å²) >= 11 is 12.0. The number of nitro benzene ring substituents is 1. The van der Waals surface area contributed by atoms with Gasteiger partial charge in [0.05, 0.1) is 20.5 Å². The van der Waals surface area contributed by atoms with Crippen molar-refractivity contribution in [1.29, 1.82) is 0 Å². The van der Waals surface area contributed by atoms with Gasteiger partial charge in [0.2, 0.25) is 0 Å². The molecule has 1 aromatic heterocycles. The molecule has 0 atom stereocenters. The van der Waals surface area contributed by atoms with Crippen LogP contribution in [0.15, 0.2) is 52.9 Å². The fourth-order valence-corrected chi connectivity index (χ4v) is 3.98. The van der Waals surface area contributed by atoms with Crippen LogP contribution in [0.5, 0.6) is 0 Å². The highest BCUT2D eigenvalue weighted by Crippen LogP contribution is 2.37. The Morgan fingerprint density at radius 3 is 2.29 bits per heavy atom. The van der Waals surface area contributed by atoms with E-state index in [9.17, 15) is 28.1 Å². The van der Waals surface area contributed by atoms with E-state index in [0.717, 1.165) is 12.1 Å². The molecule has 3 aromatic rings. The number of nitro groups is 1. The smallest absolute Gasteiger partial charge is 0.416 e. The topological polar surface area (TPSA) is 79.8 Å². The van der Waals surface area contributed by atoms with E-state index in [2.05, 4.69) is 0 Å². The lowest BCUT2D eigenvalue weighted by Crippen LogP contribution is -2.48. The lowest BCUT2D eigenvalue weighted by Gasteiger charge is -2.35. The summed E-state index contributed by atoms with van der Waals surface area (Å²) in [5, 5.41) is 12.1. The van der Waals surface area contributed by atoms with Gasteiger partial charge >= 0.3 is 6.18 Å². The van der Waals surface area contributed by atoms with Crippen LogP contribution in [0.4, 0.5) is 24.5 Å². The van der Waals surface area contributed by atoms with E-state index in [1.165, 1.54) is 11.0 Å². The maximum absolute atomic E-state index is 13.0. The highest BCUT2D eigenvalue weighted by molar-refractivity contribution is 6.42. The Hall–Kier alpha value is -3.24. The van der Waals surface area contributed by atoms with Crippen LogP contribution in [0.25, 0.3) is 11.3 Å². The molecular weight excluding hydrogens is 498 g/mol. The lowest BCUT2D eigenvalue weighted by atomic mass is 10.1. The predicted octanol–water partition coefficient (Wildman–Crippen LogP) is 6.14. The van der Waals surface area contributed by atoms with Crippen molar-refractivity contribution in [3.8, 4) is 11.3 Å². The molecule has 178 valence electrons. The summed E-state index contributed by atoms with van der Waals surface area (Å²) in [5.74, 6) is 0.170. The van der Waals surface area contributed by atoms with Gasteiger partial charge in [0, 0.05) is 37.8 Å². The van der Waals surface area contributed by atoms with E-state index >= 15 is 0 Å². The Kier molecular flexibility index (Phi) is 6.46. The molecule has 0 unspecified atom stereocenters. The summed E-state index contributed by atoms with van der Waals surface area (Å²) in [4.78, 5) is 26.5. The Morgan fingerprint density at radius 2 is 1.68 bits per heavy atom. The zero-order valence-electron chi connectivity index (χ0n) is 17.3. The summed E-state index contributed by atoms with van der Waals surface area (Å²) in [7, 11) is 0. The number of carbonyl (C=O) groups excluding carboxylic acids is 1.